The summed E-state index contributed by atoms with van der Waals surface area (Å²) in [6, 6.07) is 80.4. The van der Waals surface area contributed by atoms with Gasteiger partial charge in [0.05, 0.1) is 11.0 Å². The van der Waals surface area contributed by atoms with E-state index in [1.165, 1.54) is 87.9 Å². The molecule has 0 radical (unpaired) electrons. The zero-order chi connectivity index (χ0) is 40.7. The van der Waals surface area contributed by atoms with E-state index < -0.39 is 0 Å². The molecule has 0 atom stereocenters. The zero-order valence-electron chi connectivity index (χ0n) is 34.2. The highest BCUT2D eigenvalue weighted by Gasteiger charge is 2.37. The van der Waals surface area contributed by atoms with Crippen LogP contribution in [0.2, 0.25) is 0 Å². The van der Waals surface area contributed by atoms with Crippen LogP contribution in [0, 0.1) is 0 Å². The van der Waals surface area contributed by atoms with Gasteiger partial charge in [0.25, 0.3) is 0 Å². The molecule has 0 spiro atoms. The number of fused-ring (bicyclic) bond motifs is 9. The van der Waals surface area contributed by atoms with Crippen LogP contribution in [0.1, 0.15) is 25.0 Å². The predicted molar refractivity (Wildman–Crippen MR) is 259 cm³/mol. The number of anilines is 3. The Hall–Kier alpha value is -7.68. The van der Waals surface area contributed by atoms with E-state index in [0.717, 1.165) is 22.7 Å². The first kappa shape index (κ1) is 35.3. The molecule has 288 valence electrons. The quantitative estimate of drug-likeness (QED) is 0.153. The summed E-state index contributed by atoms with van der Waals surface area (Å²) in [5.74, 6) is 0. The minimum Gasteiger partial charge on any atom is -0.310 e. The Morgan fingerprint density at radius 1 is 0.361 bits per heavy atom. The van der Waals surface area contributed by atoms with Gasteiger partial charge < -0.3 is 9.47 Å². The summed E-state index contributed by atoms with van der Waals surface area (Å²) in [5, 5.41) is 7.56. The van der Waals surface area contributed by atoms with Gasteiger partial charge in [-0.15, -0.1) is 0 Å². The molecule has 2 heteroatoms. The van der Waals surface area contributed by atoms with Crippen LogP contribution >= 0.6 is 0 Å². The number of para-hydroxylation sites is 2. The van der Waals surface area contributed by atoms with Gasteiger partial charge in [0.15, 0.2) is 0 Å². The van der Waals surface area contributed by atoms with Gasteiger partial charge in [0.2, 0.25) is 0 Å². The molecule has 0 N–H and O–H groups in total. The number of hydrogen-bond donors (Lipinski definition) is 0. The molecular weight excluding hydrogens is 737 g/mol. The molecule has 12 rings (SSSR count). The van der Waals surface area contributed by atoms with Crippen LogP contribution in [0.4, 0.5) is 17.1 Å². The SMILES string of the molecule is CC1(C)c2ccccc2-c2cccc(-c3ccc(N(c4cccc(-c5cccc6c5ccc5ccccc56)c4)c4cccc(-n5c6ccccc6c6ccccc65)c4)cc3)c21. The van der Waals surface area contributed by atoms with Crippen LogP contribution in [0.15, 0.2) is 218 Å². The average molecular weight is 779 g/mol. The maximum Gasteiger partial charge on any atom is 0.0541 e. The highest BCUT2D eigenvalue weighted by Crippen LogP contribution is 2.52. The second-order valence-electron chi connectivity index (χ2n) is 16.9. The Labute approximate surface area is 356 Å². The summed E-state index contributed by atoms with van der Waals surface area (Å²) in [7, 11) is 0. The molecule has 1 aliphatic rings. The minimum absolute atomic E-state index is 0.102. The van der Waals surface area contributed by atoms with E-state index in [4.69, 9.17) is 0 Å². The highest BCUT2D eigenvalue weighted by molar-refractivity contribution is 6.12. The van der Waals surface area contributed by atoms with Crippen LogP contribution in [0.3, 0.4) is 0 Å². The normalized spacial score (nSPS) is 12.9. The maximum absolute atomic E-state index is 2.42. The van der Waals surface area contributed by atoms with Gasteiger partial charge in [-0.25, -0.2) is 0 Å². The Bertz CT molecular complexity index is 3460. The number of benzene rings is 10. The predicted octanol–water partition coefficient (Wildman–Crippen LogP) is 16.2. The van der Waals surface area contributed by atoms with Crippen molar-refractivity contribution in [3.8, 4) is 39.1 Å². The molecule has 0 amide bonds. The van der Waals surface area contributed by atoms with Crippen LogP contribution in [-0.2, 0) is 5.41 Å². The van der Waals surface area contributed by atoms with Crippen molar-refractivity contribution in [1.29, 1.82) is 0 Å². The summed E-state index contributed by atoms with van der Waals surface area (Å²) < 4.78 is 2.40. The smallest absolute Gasteiger partial charge is 0.0541 e. The highest BCUT2D eigenvalue weighted by atomic mass is 15.1. The van der Waals surface area contributed by atoms with E-state index in [1.54, 1.807) is 0 Å². The summed E-state index contributed by atoms with van der Waals surface area (Å²) >= 11 is 0. The molecule has 0 bridgehead atoms. The number of hydrogen-bond acceptors (Lipinski definition) is 1. The fourth-order valence-corrected chi connectivity index (χ4v) is 10.4. The molecule has 1 aromatic heterocycles. The minimum atomic E-state index is -0.102. The molecule has 0 fully saturated rings. The van der Waals surface area contributed by atoms with Crippen molar-refractivity contribution >= 4 is 60.4 Å². The number of nitrogens with zero attached hydrogens (tertiary/aromatic N) is 2. The topological polar surface area (TPSA) is 8.17 Å². The standard InChI is InChI=1S/C59H42N2/c1-59(2)55-28-8-5-21-51(55)54-27-14-25-48(58(54)59)40-31-34-42(35-32-40)60(44-18-12-19-45(38-44)61-56-29-9-6-22-52(56)53-23-7-10-30-57(53)61)43-17-11-16-41(37-43)47-24-13-26-49-46-20-4-3-15-39(46)33-36-50(47)49/h3-38H,1-2H3. The summed E-state index contributed by atoms with van der Waals surface area (Å²) in [5.41, 5.74) is 17.1. The number of aromatic nitrogens is 1. The van der Waals surface area contributed by atoms with Crippen molar-refractivity contribution in [3.05, 3.63) is 230 Å². The zero-order valence-corrected chi connectivity index (χ0v) is 34.2. The van der Waals surface area contributed by atoms with E-state index in [0.29, 0.717) is 0 Å². The largest absolute Gasteiger partial charge is 0.310 e. The fraction of sp³-hybridized carbons (Fsp3) is 0.0508. The van der Waals surface area contributed by atoms with Crippen molar-refractivity contribution in [2.45, 2.75) is 19.3 Å². The van der Waals surface area contributed by atoms with Gasteiger partial charge in [-0.05, 0) is 121 Å². The van der Waals surface area contributed by atoms with E-state index in [1.807, 2.05) is 0 Å². The Morgan fingerprint density at radius 3 is 1.75 bits per heavy atom. The lowest BCUT2D eigenvalue weighted by molar-refractivity contribution is 0.662. The maximum atomic E-state index is 2.42. The lowest BCUT2D eigenvalue weighted by Crippen LogP contribution is -2.16. The van der Waals surface area contributed by atoms with Gasteiger partial charge in [0.1, 0.15) is 0 Å². The van der Waals surface area contributed by atoms with Gasteiger partial charge in [-0.3, -0.25) is 0 Å². The first-order valence-corrected chi connectivity index (χ1v) is 21.3. The average Bonchev–Trinajstić information content (AvgIpc) is 3.78. The van der Waals surface area contributed by atoms with Crippen LogP contribution < -0.4 is 4.90 Å². The fourth-order valence-electron chi connectivity index (χ4n) is 10.4. The lowest BCUT2D eigenvalue weighted by atomic mass is 9.79. The molecule has 2 nitrogen and oxygen atoms in total. The summed E-state index contributed by atoms with van der Waals surface area (Å²) in [6.07, 6.45) is 0. The molecule has 0 unspecified atom stereocenters. The third kappa shape index (κ3) is 5.49. The molecule has 1 aliphatic carbocycles. The van der Waals surface area contributed by atoms with Crippen LogP contribution in [0.5, 0.6) is 0 Å². The molecule has 61 heavy (non-hydrogen) atoms. The molecule has 0 saturated heterocycles. The van der Waals surface area contributed by atoms with Gasteiger partial charge in [-0.2, -0.15) is 0 Å². The number of rotatable bonds is 6. The third-order valence-electron chi connectivity index (χ3n) is 13.1. The molecule has 0 saturated carbocycles. The lowest BCUT2D eigenvalue weighted by Gasteiger charge is -2.27. The van der Waals surface area contributed by atoms with E-state index >= 15 is 0 Å². The van der Waals surface area contributed by atoms with Crippen molar-refractivity contribution < 1.29 is 0 Å². The molecule has 11 aromatic rings. The third-order valence-corrected chi connectivity index (χ3v) is 13.1. The van der Waals surface area contributed by atoms with Gasteiger partial charge >= 0.3 is 0 Å². The van der Waals surface area contributed by atoms with Crippen molar-refractivity contribution in [3.63, 3.8) is 0 Å². The van der Waals surface area contributed by atoms with Crippen molar-refractivity contribution in [2.24, 2.45) is 0 Å². The van der Waals surface area contributed by atoms with Crippen molar-refractivity contribution in [2.75, 3.05) is 4.90 Å². The van der Waals surface area contributed by atoms with Crippen LogP contribution in [0.25, 0.3) is 82.4 Å². The first-order valence-electron chi connectivity index (χ1n) is 21.3. The van der Waals surface area contributed by atoms with Gasteiger partial charge in [0, 0.05) is 38.9 Å². The molecule has 10 aromatic carbocycles. The first-order chi connectivity index (χ1) is 30.0. The van der Waals surface area contributed by atoms with E-state index in [9.17, 15) is 0 Å². The monoisotopic (exact) mass is 778 g/mol. The van der Waals surface area contributed by atoms with E-state index in [-0.39, 0.29) is 5.41 Å². The summed E-state index contributed by atoms with van der Waals surface area (Å²) in [4.78, 5) is 2.42. The summed E-state index contributed by atoms with van der Waals surface area (Å²) in [6.45, 7) is 4.74. The van der Waals surface area contributed by atoms with Crippen molar-refractivity contribution in [1.82, 2.24) is 4.57 Å². The van der Waals surface area contributed by atoms with Gasteiger partial charge in [-0.1, -0.05) is 178 Å². The Balaban J connectivity index is 1.03. The Morgan fingerprint density at radius 2 is 0.951 bits per heavy atom. The van der Waals surface area contributed by atoms with Crippen LogP contribution in [-0.4, -0.2) is 4.57 Å². The molecule has 1 heterocycles. The molecular formula is C59H42N2. The Kier molecular flexibility index (Phi) is 7.92. The molecule has 0 aliphatic heterocycles. The van der Waals surface area contributed by atoms with E-state index in [2.05, 4.69) is 242 Å². The second-order valence-corrected chi connectivity index (χ2v) is 16.9. The second kappa shape index (κ2) is 13.7.